The van der Waals surface area contributed by atoms with Crippen LogP contribution in [0, 0.1) is 0 Å². The van der Waals surface area contributed by atoms with Gasteiger partial charge in [-0.2, -0.15) is 0 Å². The second-order valence-corrected chi connectivity index (χ2v) is 11.5. The van der Waals surface area contributed by atoms with Crippen molar-refractivity contribution in [1.29, 1.82) is 0 Å². The van der Waals surface area contributed by atoms with Gasteiger partial charge in [0.2, 0.25) is 0 Å². The number of benzene rings is 5. The Morgan fingerprint density at radius 2 is 1.51 bits per heavy atom. The largest absolute Gasteiger partial charge is 0.464 e. The zero-order valence-electron chi connectivity index (χ0n) is 24.6. The molecule has 0 fully saturated rings. The molecule has 0 unspecified atom stereocenters. The number of furan rings is 1. The normalized spacial score (nSPS) is 12.8. The Morgan fingerprint density at radius 1 is 0.667 bits per heavy atom. The summed E-state index contributed by atoms with van der Waals surface area (Å²) in [7, 11) is 2.12. The number of para-hydroxylation sites is 2. The number of nitrogens with zero attached hydrogens (tertiary/aromatic N) is 4. The van der Waals surface area contributed by atoms with Gasteiger partial charge in [-0.15, -0.1) is 0 Å². The van der Waals surface area contributed by atoms with Crippen LogP contribution in [-0.4, -0.2) is 23.3 Å². The Hall–Kier alpha value is -6.01. The number of hydrogen-bond donors (Lipinski definition) is 0. The fourth-order valence-corrected chi connectivity index (χ4v) is 6.54. The number of ether oxygens (including phenoxy) is 1. The summed E-state index contributed by atoms with van der Waals surface area (Å²) in [5.74, 6) is 2.33. The van der Waals surface area contributed by atoms with Crippen LogP contribution in [0.5, 0.6) is 11.5 Å². The molecule has 0 spiro atoms. The third kappa shape index (κ3) is 4.22. The van der Waals surface area contributed by atoms with E-state index in [0.29, 0.717) is 0 Å². The topological polar surface area (TPSA) is 46.7 Å². The van der Waals surface area contributed by atoms with Crippen LogP contribution in [-0.2, 0) is 0 Å². The van der Waals surface area contributed by atoms with Crippen LogP contribution < -0.4 is 14.5 Å². The summed E-state index contributed by atoms with van der Waals surface area (Å²) in [6.45, 7) is 0.785. The van der Waals surface area contributed by atoms with Crippen LogP contribution in [0.4, 0.5) is 17.1 Å². The molecular formula is C39H28N4O2. The lowest BCUT2D eigenvalue weighted by Gasteiger charge is -2.20. The number of rotatable bonds is 5. The van der Waals surface area contributed by atoms with Gasteiger partial charge in [0.25, 0.3) is 0 Å². The minimum Gasteiger partial charge on any atom is -0.464 e. The van der Waals surface area contributed by atoms with Crippen molar-refractivity contribution in [1.82, 2.24) is 9.55 Å². The van der Waals surface area contributed by atoms with Crippen molar-refractivity contribution in [2.75, 3.05) is 23.5 Å². The monoisotopic (exact) mass is 584 g/mol. The maximum absolute atomic E-state index is 6.55. The van der Waals surface area contributed by atoms with Gasteiger partial charge >= 0.3 is 0 Å². The second-order valence-electron chi connectivity index (χ2n) is 11.5. The van der Waals surface area contributed by atoms with Crippen LogP contribution in [0.25, 0.3) is 49.7 Å². The van der Waals surface area contributed by atoms with Crippen LogP contribution >= 0.6 is 0 Å². The average molecular weight is 585 g/mol. The molecule has 0 amide bonds. The molecule has 0 atom stereocenters. The Morgan fingerprint density at radius 3 is 2.42 bits per heavy atom. The van der Waals surface area contributed by atoms with E-state index in [1.165, 1.54) is 22.5 Å². The number of aromatic nitrogens is 2. The molecule has 0 radical (unpaired) electrons. The first-order valence-corrected chi connectivity index (χ1v) is 15.0. The zero-order chi connectivity index (χ0) is 29.9. The van der Waals surface area contributed by atoms with E-state index in [0.717, 1.165) is 62.4 Å². The molecule has 1 aliphatic heterocycles. The van der Waals surface area contributed by atoms with Crippen LogP contribution in [0.15, 0.2) is 144 Å². The molecule has 45 heavy (non-hydrogen) atoms. The maximum atomic E-state index is 6.55. The van der Waals surface area contributed by atoms with Crippen molar-refractivity contribution in [3.63, 3.8) is 0 Å². The Balaban J connectivity index is 1.16. The molecule has 1 aliphatic rings. The van der Waals surface area contributed by atoms with E-state index < -0.39 is 0 Å². The molecule has 9 rings (SSSR count). The summed E-state index contributed by atoms with van der Waals surface area (Å²) in [6, 6.07) is 44.1. The minimum atomic E-state index is 0.755. The summed E-state index contributed by atoms with van der Waals surface area (Å²) < 4.78 is 14.5. The third-order valence-electron chi connectivity index (χ3n) is 8.70. The minimum absolute atomic E-state index is 0.755. The van der Waals surface area contributed by atoms with E-state index in [4.69, 9.17) is 14.1 Å². The lowest BCUT2D eigenvalue weighted by Crippen LogP contribution is -2.23. The molecule has 0 bridgehead atoms. The fourth-order valence-electron chi connectivity index (χ4n) is 6.54. The summed E-state index contributed by atoms with van der Waals surface area (Å²) in [5, 5.41) is 3.25. The fraction of sp³-hybridized carbons (Fsp3) is 0.0513. The molecule has 4 heterocycles. The van der Waals surface area contributed by atoms with Crippen LogP contribution in [0.2, 0.25) is 0 Å². The van der Waals surface area contributed by atoms with Crippen molar-refractivity contribution in [3.05, 3.63) is 140 Å². The molecule has 5 aromatic carbocycles. The van der Waals surface area contributed by atoms with Crippen molar-refractivity contribution in [3.8, 4) is 28.4 Å². The van der Waals surface area contributed by atoms with E-state index in [-0.39, 0.29) is 0 Å². The van der Waals surface area contributed by atoms with E-state index in [1.807, 2.05) is 30.5 Å². The van der Waals surface area contributed by atoms with Gasteiger partial charge in [-0.1, -0.05) is 54.6 Å². The number of pyridine rings is 1. The van der Waals surface area contributed by atoms with Gasteiger partial charge in [-0.05, 0) is 65.7 Å². The van der Waals surface area contributed by atoms with Gasteiger partial charge in [0.15, 0.2) is 0 Å². The highest BCUT2D eigenvalue weighted by molar-refractivity contribution is 6.11. The SMILES string of the molecule is CN1CN(c2cccc(Oc3ccc4c5cc(-c6ccccc6)ccc5n(-c5cc6occc6cn5)c4c3)c2)c2ccccc21. The van der Waals surface area contributed by atoms with Gasteiger partial charge in [0.05, 0.1) is 35.3 Å². The highest BCUT2D eigenvalue weighted by atomic mass is 16.5. The van der Waals surface area contributed by atoms with Crippen molar-refractivity contribution in [2.24, 2.45) is 0 Å². The number of hydrogen-bond acceptors (Lipinski definition) is 5. The first kappa shape index (κ1) is 25.5. The molecule has 0 saturated heterocycles. The number of anilines is 3. The maximum Gasteiger partial charge on any atom is 0.141 e. The standard InChI is InChI=1S/C39H28N4O2/c1-41-25-42(36-13-6-5-12-35(36)41)29-10-7-11-30(21-29)45-31-15-16-32-33-20-27(26-8-3-2-4-9-26)14-17-34(33)43(37(32)22-31)39-23-38-28(24-40-39)18-19-44-38/h2-24H,25H2,1H3. The quantitative estimate of drug-likeness (QED) is 0.201. The molecule has 6 heteroatoms. The molecule has 6 nitrogen and oxygen atoms in total. The summed E-state index contributed by atoms with van der Waals surface area (Å²) in [6.07, 6.45) is 3.57. The smallest absolute Gasteiger partial charge is 0.141 e. The summed E-state index contributed by atoms with van der Waals surface area (Å²) in [4.78, 5) is 9.42. The molecule has 216 valence electrons. The summed E-state index contributed by atoms with van der Waals surface area (Å²) in [5.41, 5.74) is 8.73. The first-order valence-electron chi connectivity index (χ1n) is 15.0. The lowest BCUT2D eigenvalue weighted by atomic mass is 10.0. The van der Waals surface area contributed by atoms with E-state index >= 15 is 0 Å². The second kappa shape index (κ2) is 10.0. The molecule has 0 N–H and O–H groups in total. The highest BCUT2D eigenvalue weighted by Gasteiger charge is 2.24. The summed E-state index contributed by atoms with van der Waals surface area (Å²) >= 11 is 0. The molecule has 3 aromatic heterocycles. The average Bonchev–Trinajstić information content (AvgIpc) is 3.78. The first-order chi connectivity index (χ1) is 22.2. The van der Waals surface area contributed by atoms with Crippen molar-refractivity contribution >= 4 is 49.8 Å². The van der Waals surface area contributed by atoms with Gasteiger partial charge in [-0.3, -0.25) is 4.57 Å². The Labute approximate surface area is 259 Å². The highest BCUT2D eigenvalue weighted by Crippen LogP contribution is 2.41. The van der Waals surface area contributed by atoms with Crippen molar-refractivity contribution in [2.45, 2.75) is 0 Å². The third-order valence-corrected chi connectivity index (χ3v) is 8.70. The van der Waals surface area contributed by atoms with Crippen molar-refractivity contribution < 1.29 is 9.15 Å². The van der Waals surface area contributed by atoms with E-state index in [9.17, 15) is 0 Å². The van der Waals surface area contributed by atoms with Crippen LogP contribution in [0.1, 0.15) is 0 Å². The zero-order valence-corrected chi connectivity index (χ0v) is 24.6. The predicted octanol–water partition coefficient (Wildman–Crippen LogP) is 9.93. The Kier molecular flexibility index (Phi) is 5.68. The van der Waals surface area contributed by atoms with Gasteiger partial charge < -0.3 is 19.0 Å². The van der Waals surface area contributed by atoms with Gasteiger partial charge in [-0.25, -0.2) is 4.98 Å². The van der Waals surface area contributed by atoms with Crippen LogP contribution in [0.3, 0.4) is 0 Å². The van der Waals surface area contributed by atoms with E-state index in [2.05, 4.69) is 125 Å². The van der Waals surface area contributed by atoms with E-state index in [1.54, 1.807) is 6.26 Å². The lowest BCUT2D eigenvalue weighted by molar-refractivity contribution is 0.483. The van der Waals surface area contributed by atoms with Gasteiger partial charge in [0.1, 0.15) is 22.9 Å². The predicted molar refractivity (Wildman–Crippen MR) is 182 cm³/mol. The number of fused-ring (bicyclic) bond motifs is 5. The van der Waals surface area contributed by atoms with Gasteiger partial charge in [0, 0.05) is 53.3 Å². The molecular weight excluding hydrogens is 556 g/mol. The Bertz CT molecular complexity index is 2370. The molecule has 0 aliphatic carbocycles. The molecule has 0 saturated carbocycles. The molecule has 8 aromatic rings.